The highest BCUT2D eigenvalue weighted by molar-refractivity contribution is 14.1. The van der Waals surface area contributed by atoms with Crippen molar-refractivity contribution in [2.75, 3.05) is 12.0 Å². The van der Waals surface area contributed by atoms with Crippen molar-refractivity contribution in [3.8, 4) is 0 Å². The van der Waals surface area contributed by atoms with Gasteiger partial charge >= 0.3 is 0 Å². The minimum atomic E-state index is 0.521. The maximum absolute atomic E-state index is 6.11. The Kier molecular flexibility index (Phi) is 3.44. The number of halogens is 1. The molecule has 0 aliphatic heterocycles. The minimum Gasteiger partial charge on any atom is -0.369 e. The smallest absolute Gasteiger partial charge is 0.201 e. The van der Waals surface area contributed by atoms with Gasteiger partial charge in [-0.05, 0) is 66.3 Å². The standard InChI is InChI=1S/C13H16IN3S/c1-18-10-4-3-9(7-10)17-12-5-2-8(14)6-11(12)16-13(17)15/h2,5-6,9-10H,3-4,7H2,1H3,(H2,15,16). The molecule has 0 amide bonds. The van der Waals surface area contributed by atoms with Crippen molar-refractivity contribution in [2.45, 2.75) is 30.6 Å². The number of anilines is 1. The first-order chi connectivity index (χ1) is 8.69. The number of imidazole rings is 1. The van der Waals surface area contributed by atoms with Gasteiger partial charge < -0.3 is 10.3 Å². The number of nitrogen functional groups attached to an aromatic ring is 1. The molecule has 0 bridgehead atoms. The molecule has 1 aromatic carbocycles. The molecule has 2 unspecified atom stereocenters. The van der Waals surface area contributed by atoms with Crippen LogP contribution < -0.4 is 5.73 Å². The van der Waals surface area contributed by atoms with E-state index in [4.69, 9.17) is 5.73 Å². The first kappa shape index (κ1) is 12.6. The van der Waals surface area contributed by atoms with Gasteiger partial charge in [0.05, 0.1) is 11.0 Å². The second-order valence-corrected chi connectivity index (χ2v) is 7.18. The summed E-state index contributed by atoms with van der Waals surface area (Å²) in [6.07, 6.45) is 5.91. The molecule has 2 atom stereocenters. The molecule has 1 fully saturated rings. The first-order valence-corrected chi connectivity index (χ1v) is 8.51. The van der Waals surface area contributed by atoms with Crippen LogP contribution >= 0.6 is 34.4 Å². The Morgan fingerprint density at radius 2 is 2.28 bits per heavy atom. The van der Waals surface area contributed by atoms with Gasteiger partial charge in [-0.3, -0.25) is 0 Å². The maximum Gasteiger partial charge on any atom is 0.201 e. The van der Waals surface area contributed by atoms with Crippen LogP contribution in [-0.2, 0) is 0 Å². The molecule has 2 N–H and O–H groups in total. The quantitative estimate of drug-likeness (QED) is 0.817. The van der Waals surface area contributed by atoms with Gasteiger partial charge in [0.25, 0.3) is 0 Å². The van der Waals surface area contributed by atoms with E-state index in [2.05, 4.69) is 56.6 Å². The third kappa shape index (κ3) is 2.11. The number of nitrogens with zero attached hydrogens (tertiary/aromatic N) is 2. The average Bonchev–Trinajstić information content (AvgIpc) is 2.91. The molecule has 1 aromatic heterocycles. The van der Waals surface area contributed by atoms with Crippen LogP contribution in [0.5, 0.6) is 0 Å². The van der Waals surface area contributed by atoms with Crippen molar-refractivity contribution in [1.82, 2.24) is 9.55 Å². The zero-order valence-electron chi connectivity index (χ0n) is 10.3. The number of aromatic nitrogens is 2. The summed E-state index contributed by atoms with van der Waals surface area (Å²) in [4.78, 5) is 4.50. The van der Waals surface area contributed by atoms with E-state index in [1.807, 2.05) is 11.8 Å². The lowest BCUT2D eigenvalue weighted by atomic mass is 10.2. The van der Waals surface area contributed by atoms with E-state index in [0.717, 1.165) is 10.8 Å². The van der Waals surface area contributed by atoms with Crippen LogP contribution in [0.4, 0.5) is 5.95 Å². The molecule has 1 aliphatic rings. The summed E-state index contributed by atoms with van der Waals surface area (Å²) in [6, 6.07) is 6.89. The lowest BCUT2D eigenvalue weighted by Crippen LogP contribution is -2.09. The Hall–Kier alpha value is -0.430. The summed E-state index contributed by atoms with van der Waals surface area (Å²) in [5, 5.41) is 0.774. The third-order valence-corrected chi connectivity index (χ3v) is 5.50. The van der Waals surface area contributed by atoms with Crippen LogP contribution in [0.2, 0.25) is 0 Å². The van der Waals surface area contributed by atoms with Crippen LogP contribution in [-0.4, -0.2) is 21.1 Å². The van der Waals surface area contributed by atoms with Gasteiger partial charge in [-0.15, -0.1) is 0 Å². The summed E-state index contributed by atoms with van der Waals surface area (Å²) >= 11 is 4.28. The van der Waals surface area contributed by atoms with Crippen molar-refractivity contribution < 1.29 is 0 Å². The Balaban J connectivity index is 2.04. The lowest BCUT2D eigenvalue weighted by molar-refractivity contribution is 0.540. The van der Waals surface area contributed by atoms with E-state index in [0.29, 0.717) is 12.0 Å². The van der Waals surface area contributed by atoms with E-state index in [-0.39, 0.29) is 0 Å². The van der Waals surface area contributed by atoms with E-state index in [9.17, 15) is 0 Å². The number of hydrogen-bond donors (Lipinski definition) is 1. The van der Waals surface area contributed by atoms with Gasteiger partial charge in [0.2, 0.25) is 5.95 Å². The van der Waals surface area contributed by atoms with Crippen molar-refractivity contribution in [3.63, 3.8) is 0 Å². The SMILES string of the molecule is CSC1CCC(n2c(N)nc3cc(I)ccc32)C1. The van der Waals surface area contributed by atoms with Crippen LogP contribution in [0.25, 0.3) is 11.0 Å². The molecule has 0 spiro atoms. The van der Waals surface area contributed by atoms with Crippen LogP contribution in [0.15, 0.2) is 18.2 Å². The summed E-state index contributed by atoms with van der Waals surface area (Å²) in [7, 11) is 0. The molecule has 1 aliphatic carbocycles. The van der Waals surface area contributed by atoms with Crippen molar-refractivity contribution >= 4 is 51.3 Å². The lowest BCUT2D eigenvalue weighted by Gasteiger charge is -2.15. The zero-order valence-corrected chi connectivity index (χ0v) is 13.2. The highest BCUT2D eigenvalue weighted by atomic mass is 127. The number of benzene rings is 1. The van der Waals surface area contributed by atoms with Gasteiger partial charge in [-0.25, -0.2) is 4.98 Å². The number of thioether (sulfide) groups is 1. The topological polar surface area (TPSA) is 43.8 Å². The van der Waals surface area contributed by atoms with E-state index in [1.54, 1.807) is 0 Å². The molecule has 3 nitrogen and oxygen atoms in total. The van der Waals surface area contributed by atoms with Gasteiger partial charge in [0.1, 0.15) is 0 Å². The Labute approximate surface area is 125 Å². The largest absolute Gasteiger partial charge is 0.369 e. The van der Waals surface area contributed by atoms with Gasteiger partial charge in [-0.2, -0.15) is 11.8 Å². The third-order valence-electron chi connectivity index (χ3n) is 3.73. The molecule has 5 heteroatoms. The van der Waals surface area contributed by atoms with E-state index < -0.39 is 0 Å². The van der Waals surface area contributed by atoms with Crippen molar-refractivity contribution in [2.24, 2.45) is 0 Å². The molecule has 2 aromatic rings. The second kappa shape index (κ2) is 4.92. The molecule has 96 valence electrons. The molecule has 1 saturated carbocycles. The maximum atomic E-state index is 6.11. The minimum absolute atomic E-state index is 0.521. The molecular formula is C13H16IN3S. The zero-order chi connectivity index (χ0) is 12.7. The normalized spacial score (nSPS) is 23.9. The Bertz CT molecular complexity index is 581. The summed E-state index contributed by atoms with van der Waals surface area (Å²) < 4.78 is 3.44. The Morgan fingerprint density at radius 1 is 1.44 bits per heavy atom. The molecular weight excluding hydrogens is 357 g/mol. The van der Waals surface area contributed by atoms with Crippen LogP contribution in [0, 0.1) is 3.57 Å². The highest BCUT2D eigenvalue weighted by Crippen LogP contribution is 2.39. The number of nitrogens with two attached hydrogens (primary N) is 1. The molecule has 0 radical (unpaired) electrons. The van der Waals surface area contributed by atoms with Gasteiger partial charge in [0.15, 0.2) is 0 Å². The monoisotopic (exact) mass is 373 g/mol. The Morgan fingerprint density at radius 3 is 3.00 bits per heavy atom. The van der Waals surface area contributed by atoms with Gasteiger partial charge in [0, 0.05) is 14.9 Å². The number of rotatable bonds is 2. The van der Waals surface area contributed by atoms with E-state index in [1.165, 1.54) is 28.3 Å². The predicted molar refractivity (Wildman–Crippen MR) is 87.1 cm³/mol. The fraction of sp³-hybridized carbons (Fsp3) is 0.462. The van der Waals surface area contributed by atoms with Crippen LogP contribution in [0.1, 0.15) is 25.3 Å². The van der Waals surface area contributed by atoms with Crippen LogP contribution in [0.3, 0.4) is 0 Å². The summed E-state index contributed by atoms with van der Waals surface area (Å²) in [5.41, 5.74) is 8.31. The van der Waals surface area contributed by atoms with Crippen molar-refractivity contribution in [1.29, 1.82) is 0 Å². The predicted octanol–water partition coefficient (Wildman–Crippen LogP) is 3.68. The number of fused-ring (bicyclic) bond motifs is 1. The highest BCUT2D eigenvalue weighted by Gasteiger charge is 2.27. The summed E-state index contributed by atoms with van der Waals surface area (Å²) in [6.45, 7) is 0. The molecule has 18 heavy (non-hydrogen) atoms. The summed E-state index contributed by atoms with van der Waals surface area (Å²) in [5.74, 6) is 0.666. The van der Waals surface area contributed by atoms with Crippen molar-refractivity contribution in [3.05, 3.63) is 21.8 Å². The van der Waals surface area contributed by atoms with E-state index >= 15 is 0 Å². The number of hydrogen-bond acceptors (Lipinski definition) is 3. The fourth-order valence-corrected chi connectivity index (χ4v) is 4.10. The molecule has 1 heterocycles. The van der Waals surface area contributed by atoms with Gasteiger partial charge in [-0.1, -0.05) is 0 Å². The first-order valence-electron chi connectivity index (χ1n) is 6.15. The molecule has 0 saturated heterocycles. The fourth-order valence-electron chi connectivity index (χ4n) is 2.84. The molecule has 3 rings (SSSR count). The second-order valence-electron chi connectivity index (χ2n) is 4.80. The average molecular weight is 373 g/mol.